The predicted octanol–water partition coefficient (Wildman–Crippen LogP) is 5.06. The van der Waals surface area contributed by atoms with Crippen LogP contribution in [0.1, 0.15) is 51.1 Å². The number of hydrogen-bond donors (Lipinski definition) is 1. The molecule has 0 aliphatic heterocycles. The number of hydrogen-bond acceptors (Lipinski definition) is 1. The van der Waals surface area contributed by atoms with Gasteiger partial charge in [-0.1, -0.05) is 22.4 Å². The number of rotatable bonds is 4. The molecule has 1 aromatic carbocycles. The minimum absolute atomic E-state index is 0.0571. The highest BCUT2D eigenvalue weighted by Gasteiger charge is 2.41. The molecule has 20 heavy (non-hydrogen) atoms. The smallest absolute Gasteiger partial charge is 0.128 e. The Hall–Kier alpha value is -0.410. The Bertz CT molecular complexity index is 490. The summed E-state index contributed by atoms with van der Waals surface area (Å²) in [6, 6.07) is 5.71. The van der Waals surface area contributed by atoms with Gasteiger partial charge in [0.2, 0.25) is 0 Å². The lowest BCUT2D eigenvalue weighted by atomic mass is 9.83. The summed E-state index contributed by atoms with van der Waals surface area (Å²) in [6.07, 6.45) is 5.63. The van der Waals surface area contributed by atoms with Gasteiger partial charge in [0.25, 0.3) is 0 Å². The third kappa shape index (κ3) is 2.80. The summed E-state index contributed by atoms with van der Waals surface area (Å²) in [5.74, 6) is 2.54. The Morgan fingerprint density at radius 3 is 2.70 bits per heavy atom. The average molecular weight is 340 g/mol. The maximum atomic E-state index is 13.9. The molecule has 1 N–H and O–H groups in total. The van der Waals surface area contributed by atoms with E-state index in [1.54, 1.807) is 12.1 Å². The molecule has 110 valence electrons. The molecule has 0 radical (unpaired) electrons. The van der Waals surface area contributed by atoms with Gasteiger partial charge in [0.15, 0.2) is 0 Å². The summed E-state index contributed by atoms with van der Waals surface area (Å²) in [5.41, 5.74) is 0.759. The molecular formula is C17H23BrFN. The first kappa shape index (κ1) is 14.5. The second kappa shape index (κ2) is 5.76. The fourth-order valence-corrected chi connectivity index (χ4v) is 4.74. The molecular weight excluding hydrogens is 317 g/mol. The van der Waals surface area contributed by atoms with Crippen LogP contribution in [0.25, 0.3) is 0 Å². The summed E-state index contributed by atoms with van der Waals surface area (Å²) in [4.78, 5) is 0. The SMILES string of the molecule is CC(NC(C)C1CC2CCC1C2)c1cc(Br)ccc1F. The van der Waals surface area contributed by atoms with Crippen molar-refractivity contribution in [2.24, 2.45) is 17.8 Å². The Kier molecular flexibility index (Phi) is 4.19. The van der Waals surface area contributed by atoms with Gasteiger partial charge in [-0.2, -0.15) is 0 Å². The maximum Gasteiger partial charge on any atom is 0.128 e. The molecule has 0 saturated heterocycles. The minimum Gasteiger partial charge on any atom is -0.307 e. The Balaban J connectivity index is 1.66. The molecule has 2 fully saturated rings. The van der Waals surface area contributed by atoms with E-state index in [0.29, 0.717) is 6.04 Å². The molecule has 0 amide bonds. The first-order valence-corrected chi connectivity index (χ1v) is 8.55. The van der Waals surface area contributed by atoms with E-state index in [1.165, 1.54) is 25.7 Å². The third-order valence-corrected chi connectivity index (χ3v) is 5.87. The summed E-state index contributed by atoms with van der Waals surface area (Å²) >= 11 is 3.43. The Labute approximate surface area is 129 Å². The zero-order valence-corrected chi connectivity index (χ0v) is 13.8. The van der Waals surface area contributed by atoms with Gasteiger partial charge in [-0.25, -0.2) is 4.39 Å². The van der Waals surface area contributed by atoms with Crippen molar-refractivity contribution in [3.05, 3.63) is 34.1 Å². The first-order chi connectivity index (χ1) is 9.54. The van der Waals surface area contributed by atoms with Gasteiger partial charge in [-0.15, -0.1) is 0 Å². The second-order valence-electron chi connectivity index (χ2n) is 6.68. The first-order valence-electron chi connectivity index (χ1n) is 7.75. The number of fused-ring (bicyclic) bond motifs is 2. The van der Waals surface area contributed by atoms with Crippen LogP contribution in [0.3, 0.4) is 0 Å². The van der Waals surface area contributed by atoms with Crippen LogP contribution in [0.15, 0.2) is 22.7 Å². The van der Waals surface area contributed by atoms with E-state index in [-0.39, 0.29) is 11.9 Å². The molecule has 1 nitrogen and oxygen atoms in total. The second-order valence-corrected chi connectivity index (χ2v) is 7.60. The van der Waals surface area contributed by atoms with Crippen LogP contribution in [0, 0.1) is 23.6 Å². The van der Waals surface area contributed by atoms with Crippen molar-refractivity contribution in [2.75, 3.05) is 0 Å². The van der Waals surface area contributed by atoms with Crippen molar-refractivity contribution in [1.82, 2.24) is 5.32 Å². The molecule has 2 aliphatic rings. The van der Waals surface area contributed by atoms with Gasteiger partial charge in [0.1, 0.15) is 5.82 Å². The zero-order chi connectivity index (χ0) is 14.3. The fourth-order valence-electron chi connectivity index (χ4n) is 4.36. The van der Waals surface area contributed by atoms with E-state index < -0.39 is 0 Å². The van der Waals surface area contributed by atoms with E-state index in [2.05, 4.69) is 35.1 Å². The average Bonchev–Trinajstić information content (AvgIpc) is 3.03. The molecule has 2 saturated carbocycles. The fraction of sp³-hybridized carbons (Fsp3) is 0.647. The quantitative estimate of drug-likeness (QED) is 0.807. The van der Waals surface area contributed by atoms with Gasteiger partial charge < -0.3 is 5.32 Å². The van der Waals surface area contributed by atoms with Gasteiger partial charge in [0.05, 0.1) is 0 Å². The molecule has 3 heteroatoms. The summed E-state index contributed by atoms with van der Waals surface area (Å²) < 4.78 is 14.9. The molecule has 2 aliphatic carbocycles. The topological polar surface area (TPSA) is 12.0 Å². The van der Waals surface area contributed by atoms with Gasteiger partial charge >= 0.3 is 0 Å². The van der Waals surface area contributed by atoms with Crippen molar-refractivity contribution in [3.8, 4) is 0 Å². The van der Waals surface area contributed by atoms with E-state index in [9.17, 15) is 4.39 Å². The largest absolute Gasteiger partial charge is 0.307 e. The molecule has 5 atom stereocenters. The van der Waals surface area contributed by atoms with Crippen LogP contribution < -0.4 is 5.32 Å². The predicted molar refractivity (Wildman–Crippen MR) is 84.1 cm³/mol. The number of benzene rings is 1. The summed E-state index contributed by atoms with van der Waals surface area (Å²) in [7, 11) is 0. The summed E-state index contributed by atoms with van der Waals surface area (Å²) in [5, 5.41) is 3.63. The van der Waals surface area contributed by atoms with E-state index in [1.807, 2.05) is 6.07 Å². The Morgan fingerprint density at radius 2 is 2.05 bits per heavy atom. The van der Waals surface area contributed by atoms with E-state index in [4.69, 9.17) is 0 Å². The highest BCUT2D eigenvalue weighted by Crippen LogP contribution is 2.49. The zero-order valence-electron chi connectivity index (χ0n) is 12.2. The van der Waals surface area contributed by atoms with Gasteiger partial charge in [0, 0.05) is 22.1 Å². The number of nitrogens with one attached hydrogen (secondary N) is 1. The molecule has 0 spiro atoms. The van der Waals surface area contributed by atoms with Crippen LogP contribution >= 0.6 is 15.9 Å². The van der Waals surface area contributed by atoms with E-state index >= 15 is 0 Å². The lowest BCUT2D eigenvalue weighted by Gasteiger charge is -2.31. The van der Waals surface area contributed by atoms with Crippen LogP contribution in [0.5, 0.6) is 0 Å². The molecule has 2 bridgehead atoms. The van der Waals surface area contributed by atoms with Crippen molar-refractivity contribution < 1.29 is 4.39 Å². The standard InChI is InChI=1S/C17H23BrFN/c1-10(15-8-12-3-4-13(15)7-12)20-11(2)16-9-14(18)5-6-17(16)19/h5-6,9-13,15,20H,3-4,7-8H2,1-2H3. The molecule has 0 aromatic heterocycles. The monoisotopic (exact) mass is 339 g/mol. The van der Waals surface area contributed by atoms with E-state index in [0.717, 1.165) is 27.8 Å². The van der Waals surface area contributed by atoms with Crippen LogP contribution in [0.2, 0.25) is 0 Å². The van der Waals surface area contributed by atoms with Gasteiger partial charge in [-0.3, -0.25) is 0 Å². The normalized spacial score (nSPS) is 31.5. The minimum atomic E-state index is -0.117. The Morgan fingerprint density at radius 1 is 1.25 bits per heavy atom. The summed E-state index contributed by atoms with van der Waals surface area (Å²) in [6.45, 7) is 4.34. The van der Waals surface area contributed by atoms with Crippen molar-refractivity contribution in [3.63, 3.8) is 0 Å². The lowest BCUT2D eigenvalue weighted by Crippen LogP contribution is -2.38. The third-order valence-electron chi connectivity index (χ3n) is 5.37. The van der Waals surface area contributed by atoms with Crippen LogP contribution in [0.4, 0.5) is 4.39 Å². The van der Waals surface area contributed by atoms with Crippen LogP contribution in [-0.4, -0.2) is 6.04 Å². The molecule has 1 aromatic rings. The van der Waals surface area contributed by atoms with Gasteiger partial charge in [-0.05, 0) is 69.1 Å². The highest BCUT2D eigenvalue weighted by atomic mass is 79.9. The van der Waals surface area contributed by atoms with Crippen molar-refractivity contribution in [2.45, 2.75) is 51.6 Å². The molecule has 3 rings (SSSR count). The van der Waals surface area contributed by atoms with Crippen molar-refractivity contribution >= 4 is 15.9 Å². The number of halogens is 2. The van der Waals surface area contributed by atoms with Crippen molar-refractivity contribution in [1.29, 1.82) is 0 Å². The lowest BCUT2D eigenvalue weighted by molar-refractivity contribution is 0.247. The van der Waals surface area contributed by atoms with Crippen LogP contribution in [-0.2, 0) is 0 Å². The maximum absolute atomic E-state index is 13.9. The molecule has 0 heterocycles. The molecule has 5 unspecified atom stereocenters. The highest BCUT2D eigenvalue weighted by molar-refractivity contribution is 9.10.